The maximum atomic E-state index is 12.7. The predicted molar refractivity (Wildman–Crippen MR) is 93.8 cm³/mol. The lowest BCUT2D eigenvalue weighted by Crippen LogP contribution is -2.57. The number of nitrogens with zero attached hydrogens (tertiary/aromatic N) is 3. The van der Waals surface area contributed by atoms with Gasteiger partial charge in [0.15, 0.2) is 0 Å². The van der Waals surface area contributed by atoms with Gasteiger partial charge < -0.3 is 19.9 Å². The van der Waals surface area contributed by atoms with Crippen LogP contribution in [0.4, 0.5) is 11.4 Å². The Morgan fingerprint density at radius 3 is 3.00 bits per heavy atom. The second-order valence-electron chi connectivity index (χ2n) is 6.81. The number of likely N-dealkylation sites (N-methyl/N-ethyl adjacent to an activating group) is 1. The molecule has 2 aliphatic heterocycles. The predicted octanol–water partition coefficient (Wildman–Crippen LogP) is 0.650. The smallest absolute Gasteiger partial charge is 0.269 e. The fourth-order valence-corrected chi connectivity index (χ4v) is 3.56. The van der Waals surface area contributed by atoms with Crippen molar-refractivity contribution in [2.24, 2.45) is 5.92 Å². The molecule has 0 aliphatic carbocycles. The van der Waals surface area contributed by atoms with Gasteiger partial charge in [0.05, 0.1) is 30.1 Å². The highest BCUT2D eigenvalue weighted by molar-refractivity contribution is 5.82. The number of benzene rings is 1. The van der Waals surface area contributed by atoms with Crippen molar-refractivity contribution in [1.29, 1.82) is 0 Å². The third-order valence-corrected chi connectivity index (χ3v) is 4.85. The van der Waals surface area contributed by atoms with Crippen LogP contribution in [0.1, 0.15) is 5.56 Å². The minimum Gasteiger partial charge on any atom is -0.377 e. The van der Waals surface area contributed by atoms with Gasteiger partial charge in [-0.25, -0.2) is 0 Å². The standard InChI is InChI=1S/C17H24N4O4/c1-19(2)6-5-18-17(22)14-10-12-9-13(21(23)24)3-4-15(12)20-7-8-25-11-16(14)20/h3-4,9,14,16H,5-8,10-11H2,1-2H3,(H,18,22)/t14-,16-/m1/s1. The second-order valence-corrected chi connectivity index (χ2v) is 6.81. The summed E-state index contributed by atoms with van der Waals surface area (Å²) in [6, 6.07) is 4.90. The lowest BCUT2D eigenvalue weighted by atomic mass is 9.84. The molecule has 25 heavy (non-hydrogen) atoms. The van der Waals surface area contributed by atoms with Gasteiger partial charge in [0.2, 0.25) is 5.91 Å². The highest BCUT2D eigenvalue weighted by Crippen LogP contribution is 2.37. The van der Waals surface area contributed by atoms with Crippen LogP contribution in [0.15, 0.2) is 18.2 Å². The molecule has 0 bridgehead atoms. The molecule has 2 heterocycles. The highest BCUT2D eigenvalue weighted by atomic mass is 16.6. The number of non-ortho nitro benzene ring substituents is 1. The molecule has 2 aliphatic rings. The molecule has 0 unspecified atom stereocenters. The zero-order valence-corrected chi connectivity index (χ0v) is 14.6. The maximum absolute atomic E-state index is 12.7. The Morgan fingerprint density at radius 1 is 1.48 bits per heavy atom. The monoisotopic (exact) mass is 348 g/mol. The molecule has 1 amide bonds. The summed E-state index contributed by atoms with van der Waals surface area (Å²) >= 11 is 0. The molecule has 0 aromatic heterocycles. The molecule has 1 fully saturated rings. The summed E-state index contributed by atoms with van der Waals surface area (Å²) in [5.74, 6) is -0.281. The summed E-state index contributed by atoms with van der Waals surface area (Å²) in [7, 11) is 3.91. The topological polar surface area (TPSA) is 88.0 Å². The van der Waals surface area contributed by atoms with Crippen LogP contribution in [0.5, 0.6) is 0 Å². The molecule has 136 valence electrons. The van der Waals surface area contributed by atoms with E-state index in [2.05, 4.69) is 10.2 Å². The van der Waals surface area contributed by atoms with Gasteiger partial charge >= 0.3 is 0 Å². The van der Waals surface area contributed by atoms with Gasteiger partial charge in [0, 0.05) is 37.5 Å². The molecule has 2 atom stereocenters. The van der Waals surface area contributed by atoms with E-state index in [0.717, 1.165) is 17.8 Å². The first-order valence-corrected chi connectivity index (χ1v) is 8.51. The van der Waals surface area contributed by atoms with E-state index < -0.39 is 4.92 Å². The van der Waals surface area contributed by atoms with Crippen LogP contribution in [0.2, 0.25) is 0 Å². The zero-order valence-electron chi connectivity index (χ0n) is 14.6. The van der Waals surface area contributed by atoms with E-state index in [1.807, 2.05) is 19.0 Å². The lowest BCUT2D eigenvalue weighted by molar-refractivity contribution is -0.384. The van der Waals surface area contributed by atoms with Crippen LogP contribution in [0, 0.1) is 16.0 Å². The number of carbonyl (C=O) groups excluding carboxylic acids is 1. The molecule has 1 aromatic rings. The Bertz CT molecular complexity index is 664. The molecule has 1 saturated heterocycles. The number of rotatable bonds is 5. The molecule has 8 nitrogen and oxygen atoms in total. The first kappa shape index (κ1) is 17.6. The summed E-state index contributed by atoms with van der Waals surface area (Å²) in [5, 5.41) is 14.1. The van der Waals surface area contributed by atoms with E-state index in [0.29, 0.717) is 32.7 Å². The average molecular weight is 348 g/mol. The van der Waals surface area contributed by atoms with Gasteiger partial charge in [-0.3, -0.25) is 14.9 Å². The molecule has 0 spiro atoms. The molecule has 3 rings (SSSR count). The van der Waals surface area contributed by atoms with Gasteiger partial charge in [-0.1, -0.05) is 0 Å². The number of ether oxygens (including phenoxy) is 1. The van der Waals surface area contributed by atoms with E-state index in [4.69, 9.17) is 4.74 Å². The first-order chi connectivity index (χ1) is 12.0. The van der Waals surface area contributed by atoms with E-state index in [1.165, 1.54) is 6.07 Å². The molecule has 1 N–H and O–H groups in total. The molecule has 8 heteroatoms. The van der Waals surface area contributed by atoms with Gasteiger partial charge in [0.1, 0.15) is 0 Å². The number of fused-ring (bicyclic) bond motifs is 3. The van der Waals surface area contributed by atoms with E-state index >= 15 is 0 Å². The van der Waals surface area contributed by atoms with Gasteiger partial charge in [-0.2, -0.15) is 0 Å². The summed E-state index contributed by atoms with van der Waals surface area (Å²) in [6.07, 6.45) is 0.495. The number of hydrogen-bond donors (Lipinski definition) is 1. The van der Waals surface area contributed by atoms with E-state index in [-0.39, 0.29) is 23.6 Å². The minimum absolute atomic E-state index is 0.0143. The number of anilines is 1. The quantitative estimate of drug-likeness (QED) is 0.621. The van der Waals surface area contributed by atoms with Crippen molar-refractivity contribution in [1.82, 2.24) is 10.2 Å². The molecular formula is C17H24N4O4. The Hall–Kier alpha value is -2.19. The molecular weight excluding hydrogens is 324 g/mol. The van der Waals surface area contributed by atoms with Crippen LogP contribution in [0.3, 0.4) is 0 Å². The van der Waals surface area contributed by atoms with Crippen molar-refractivity contribution < 1.29 is 14.5 Å². The van der Waals surface area contributed by atoms with Crippen LogP contribution in [-0.4, -0.2) is 68.7 Å². The number of nitro groups is 1. The average Bonchev–Trinajstić information content (AvgIpc) is 2.60. The Labute approximate surface area is 146 Å². The third kappa shape index (κ3) is 3.74. The SMILES string of the molecule is CN(C)CCNC(=O)[C@@H]1Cc2cc([N+](=O)[O-])ccc2N2CCOC[C@H]12. The van der Waals surface area contributed by atoms with Crippen LogP contribution in [-0.2, 0) is 16.0 Å². The second kappa shape index (κ2) is 7.37. The number of amides is 1. The van der Waals surface area contributed by atoms with Crippen molar-refractivity contribution >= 4 is 17.3 Å². The number of nitrogens with one attached hydrogen (secondary N) is 1. The van der Waals surface area contributed by atoms with Crippen molar-refractivity contribution in [3.05, 3.63) is 33.9 Å². The number of hydrogen-bond acceptors (Lipinski definition) is 6. The first-order valence-electron chi connectivity index (χ1n) is 8.51. The normalized spacial score (nSPS) is 22.3. The zero-order chi connectivity index (χ0) is 18.0. The maximum Gasteiger partial charge on any atom is 0.269 e. The van der Waals surface area contributed by atoms with Crippen molar-refractivity contribution in [2.45, 2.75) is 12.5 Å². The number of morpholine rings is 1. The van der Waals surface area contributed by atoms with Gasteiger partial charge in [-0.05, 0) is 32.1 Å². The fourth-order valence-electron chi connectivity index (χ4n) is 3.56. The number of nitro benzene ring substituents is 1. The molecule has 0 saturated carbocycles. The summed E-state index contributed by atoms with van der Waals surface area (Å²) < 4.78 is 5.60. The Kier molecular flexibility index (Phi) is 5.19. The van der Waals surface area contributed by atoms with Crippen molar-refractivity contribution in [3.63, 3.8) is 0 Å². The lowest BCUT2D eigenvalue weighted by Gasteiger charge is -2.45. The van der Waals surface area contributed by atoms with Gasteiger partial charge in [-0.15, -0.1) is 0 Å². The van der Waals surface area contributed by atoms with Crippen LogP contribution >= 0.6 is 0 Å². The molecule has 1 aromatic carbocycles. The van der Waals surface area contributed by atoms with Crippen LogP contribution < -0.4 is 10.2 Å². The summed E-state index contributed by atoms with van der Waals surface area (Å²) in [5.41, 5.74) is 1.91. The number of carbonyl (C=O) groups is 1. The summed E-state index contributed by atoms with van der Waals surface area (Å²) in [4.78, 5) is 27.6. The van der Waals surface area contributed by atoms with Gasteiger partial charge in [0.25, 0.3) is 5.69 Å². The van der Waals surface area contributed by atoms with Crippen molar-refractivity contribution in [2.75, 3.05) is 51.8 Å². The minimum atomic E-state index is -0.391. The van der Waals surface area contributed by atoms with Crippen molar-refractivity contribution in [3.8, 4) is 0 Å². The Balaban J connectivity index is 1.83. The molecule has 0 radical (unpaired) electrons. The largest absolute Gasteiger partial charge is 0.377 e. The summed E-state index contributed by atoms with van der Waals surface area (Å²) in [6.45, 7) is 3.14. The third-order valence-electron chi connectivity index (χ3n) is 4.85. The fraction of sp³-hybridized carbons (Fsp3) is 0.588. The van der Waals surface area contributed by atoms with E-state index in [1.54, 1.807) is 12.1 Å². The highest BCUT2D eigenvalue weighted by Gasteiger charge is 2.40. The Morgan fingerprint density at radius 2 is 2.28 bits per heavy atom. The van der Waals surface area contributed by atoms with E-state index in [9.17, 15) is 14.9 Å². The van der Waals surface area contributed by atoms with Crippen LogP contribution in [0.25, 0.3) is 0 Å².